The number of halogens is 1. The van der Waals surface area contributed by atoms with Crippen LogP contribution in [0.1, 0.15) is 19.3 Å². The van der Waals surface area contributed by atoms with E-state index in [1.165, 1.54) is 0 Å². The lowest BCUT2D eigenvalue weighted by molar-refractivity contribution is -0.122. The predicted octanol–water partition coefficient (Wildman–Crippen LogP) is 1.43. The molecule has 2 amide bonds. The molecule has 1 fully saturated rings. The molecule has 124 valence electrons. The smallest absolute Gasteiger partial charge is 0.265 e. The van der Waals surface area contributed by atoms with Crippen molar-refractivity contribution in [2.24, 2.45) is 0 Å². The standard InChI is InChI=1S/C16H20BrN3O3/c17-11-3-4-13-14(8-11)23-10-16(22)20(13)7-5-15(21)19-12-2-1-6-18-9-12/h3-4,8,12,18H,1-2,5-7,9-10H2,(H,19,21)/t12-/m0/s1. The molecule has 2 aliphatic rings. The van der Waals surface area contributed by atoms with E-state index in [4.69, 9.17) is 4.74 Å². The van der Waals surface area contributed by atoms with E-state index in [1.54, 1.807) is 4.90 Å². The summed E-state index contributed by atoms with van der Waals surface area (Å²) in [5.74, 6) is 0.527. The highest BCUT2D eigenvalue weighted by molar-refractivity contribution is 9.10. The van der Waals surface area contributed by atoms with Gasteiger partial charge in [0.25, 0.3) is 5.91 Å². The number of nitrogens with zero attached hydrogens (tertiary/aromatic N) is 1. The number of nitrogens with one attached hydrogen (secondary N) is 2. The topological polar surface area (TPSA) is 70.7 Å². The highest BCUT2D eigenvalue weighted by Gasteiger charge is 2.26. The van der Waals surface area contributed by atoms with Crippen molar-refractivity contribution >= 4 is 33.4 Å². The fourth-order valence-corrected chi connectivity index (χ4v) is 3.25. The predicted molar refractivity (Wildman–Crippen MR) is 90.6 cm³/mol. The molecule has 3 rings (SSSR count). The Kier molecular flexibility index (Phi) is 5.17. The number of fused-ring (bicyclic) bond motifs is 1. The first-order chi connectivity index (χ1) is 11.1. The molecule has 23 heavy (non-hydrogen) atoms. The maximum atomic E-state index is 12.1. The summed E-state index contributed by atoms with van der Waals surface area (Å²) in [5.41, 5.74) is 0.719. The van der Waals surface area contributed by atoms with Crippen LogP contribution in [0.15, 0.2) is 22.7 Å². The second-order valence-corrected chi connectivity index (χ2v) is 6.72. The zero-order valence-electron chi connectivity index (χ0n) is 12.8. The Hall–Kier alpha value is -1.60. The molecular formula is C16H20BrN3O3. The van der Waals surface area contributed by atoms with Crippen LogP contribution in [-0.4, -0.2) is 44.1 Å². The Balaban J connectivity index is 1.59. The fraction of sp³-hybridized carbons (Fsp3) is 0.500. The van der Waals surface area contributed by atoms with E-state index in [9.17, 15) is 9.59 Å². The third-order valence-electron chi connectivity index (χ3n) is 4.09. The molecule has 0 aromatic heterocycles. The van der Waals surface area contributed by atoms with Crippen molar-refractivity contribution in [1.82, 2.24) is 10.6 Å². The maximum Gasteiger partial charge on any atom is 0.265 e. The van der Waals surface area contributed by atoms with Crippen molar-refractivity contribution in [3.8, 4) is 5.75 Å². The first-order valence-corrected chi connectivity index (χ1v) is 8.65. The summed E-state index contributed by atoms with van der Waals surface area (Å²) in [6.45, 7) is 2.21. The van der Waals surface area contributed by atoms with E-state index >= 15 is 0 Å². The molecule has 1 atom stereocenters. The third kappa shape index (κ3) is 4.03. The number of piperidine rings is 1. The number of hydrogen-bond donors (Lipinski definition) is 2. The molecule has 0 radical (unpaired) electrons. The van der Waals surface area contributed by atoms with Gasteiger partial charge in [-0.3, -0.25) is 9.59 Å². The Labute approximate surface area is 143 Å². The van der Waals surface area contributed by atoms with Crippen molar-refractivity contribution in [3.63, 3.8) is 0 Å². The zero-order chi connectivity index (χ0) is 16.2. The molecule has 0 bridgehead atoms. The monoisotopic (exact) mass is 381 g/mol. The zero-order valence-corrected chi connectivity index (χ0v) is 14.4. The lowest BCUT2D eigenvalue weighted by Crippen LogP contribution is -2.47. The third-order valence-corrected chi connectivity index (χ3v) is 4.58. The van der Waals surface area contributed by atoms with Gasteiger partial charge in [-0.1, -0.05) is 15.9 Å². The van der Waals surface area contributed by atoms with Gasteiger partial charge in [0.1, 0.15) is 5.75 Å². The normalized spacial score (nSPS) is 20.7. The average molecular weight is 382 g/mol. The van der Waals surface area contributed by atoms with Gasteiger partial charge < -0.3 is 20.3 Å². The van der Waals surface area contributed by atoms with Crippen molar-refractivity contribution in [3.05, 3.63) is 22.7 Å². The minimum absolute atomic E-state index is 0.0115. The molecule has 2 N–H and O–H groups in total. The fourth-order valence-electron chi connectivity index (χ4n) is 2.91. The molecular weight excluding hydrogens is 362 g/mol. The second-order valence-electron chi connectivity index (χ2n) is 5.81. The van der Waals surface area contributed by atoms with Crippen molar-refractivity contribution < 1.29 is 14.3 Å². The van der Waals surface area contributed by atoms with Gasteiger partial charge in [0.15, 0.2) is 6.61 Å². The Morgan fingerprint density at radius 2 is 2.35 bits per heavy atom. The molecule has 0 spiro atoms. The molecule has 1 saturated heterocycles. The maximum absolute atomic E-state index is 12.1. The molecule has 0 unspecified atom stereocenters. The molecule has 7 heteroatoms. The van der Waals surface area contributed by atoms with Crippen LogP contribution < -0.4 is 20.3 Å². The number of amides is 2. The van der Waals surface area contributed by atoms with Crippen molar-refractivity contribution in [2.45, 2.75) is 25.3 Å². The number of hydrogen-bond acceptors (Lipinski definition) is 4. The summed E-state index contributed by atoms with van der Waals surface area (Å²) in [7, 11) is 0. The summed E-state index contributed by atoms with van der Waals surface area (Å²) in [4.78, 5) is 25.8. The van der Waals surface area contributed by atoms with Crippen LogP contribution in [0.2, 0.25) is 0 Å². The van der Waals surface area contributed by atoms with Gasteiger partial charge in [0.05, 0.1) is 5.69 Å². The van der Waals surface area contributed by atoms with Crippen molar-refractivity contribution in [1.29, 1.82) is 0 Å². The molecule has 0 saturated carbocycles. The Bertz CT molecular complexity index is 602. The summed E-state index contributed by atoms with van der Waals surface area (Å²) in [6, 6.07) is 5.73. The van der Waals surface area contributed by atoms with E-state index in [-0.39, 0.29) is 30.9 Å². The lowest BCUT2D eigenvalue weighted by atomic mass is 10.1. The SMILES string of the molecule is O=C(CCN1C(=O)COc2cc(Br)ccc21)N[C@H]1CCCNC1. The minimum Gasteiger partial charge on any atom is -0.482 e. The van der Waals surface area contributed by atoms with Gasteiger partial charge in [-0.15, -0.1) is 0 Å². The molecule has 1 aromatic carbocycles. The summed E-state index contributed by atoms with van der Waals surface area (Å²) in [5, 5.41) is 6.30. The highest BCUT2D eigenvalue weighted by atomic mass is 79.9. The number of rotatable bonds is 4. The van der Waals surface area contributed by atoms with Gasteiger partial charge >= 0.3 is 0 Å². The molecule has 1 aromatic rings. The van der Waals surface area contributed by atoms with E-state index in [0.717, 1.165) is 36.1 Å². The van der Waals surface area contributed by atoms with Crippen molar-refractivity contribution in [2.75, 3.05) is 31.1 Å². The van der Waals surface area contributed by atoms with Gasteiger partial charge in [-0.05, 0) is 37.6 Å². The quantitative estimate of drug-likeness (QED) is 0.827. The van der Waals surface area contributed by atoms with Gasteiger partial charge in [0, 0.05) is 30.0 Å². The number of ether oxygens (including phenoxy) is 1. The van der Waals surface area contributed by atoms with Gasteiger partial charge in [0.2, 0.25) is 5.91 Å². The summed E-state index contributed by atoms with van der Waals surface area (Å²) >= 11 is 3.39. The van der Waals surface area contributed by atoms with Crippen LogP contribution in [0.4, 0.5) is 5.69 Å². The number of benzene rings is 1. The van der Waals surface area contributed by atoms with Crippen LogP contribution in [0.5, 0.6) is 5.75 Å². The average Bonchev–Trinajstić information content (AvgIpc) is 2.55. The van der Waals surface area contributed by atoms with E-state index in [0.29, 0.717) is 12.3 Å². The van der Waals surface area contributed by atoms with Crippen LogP contribution in [0.3, 0.4) is 0 Å². The Morgan fingerprint density at radius 1 is 1.48 bits per heavy atom. The number of carbonyl (C=O) groups is 2. The van der Waals surface area contributed by atoms with Gasteiger partial charge in [-0.2, -0.15) is 0 Å². The van der Waals surface area contributed by atoms with E-state index in [1.807, 2.05) is 18.2 Å². The number of anilines is 1. The van der Waals surface area contributed by atoms with E-state index in [2.05, 4.69) is 26.6 Å². The first kappa shape index (κ1) is 16.3. The van der Waals surface area contributed by atoms with E-state index < -0.39 is 0 Å². The minimum atomic E-state index is -0.119. The molecule has 2 heterocycles. The number of carbonyl (C=O) groups excluding carboxylic acids is 2. The van der Waals surface area contributed by atoms with Gasteiger partial charge in [-0.25, -0.2) is 0 Å². The highest BCUT2D eigenvalue weighted by Crippen LogP contribution is 2.34. The first-order valence-electron chi connectivity index (χ1n) is 7.86. The second kappa shape index (κ2) is 7.31. The summed E-state index contributed by atoms with van der Waals surface area (Å²) in [6.07, 6.45) is 2.37. The molecule has 2 aliphatic heterocycles. The summed E-state index contributed by atoms with van der Waals surface area (Å²) < 4.78 is 6.34. The largest absolute Gasteiger partial charge is 0.482 e. The molecule has 6 nitrogen and oxygen atoms in total. The Morgan fingerprint density at radius 3 is 3.13 bits per heavy atom. The lowest BCUT2D eigenvalue weighted by Gasteiger charge is -2.30. The van der Waals surface area contributed by atoms with Crippen LogP contribution in [0, 0.1) is 0 Å². The van der Waals surface area contributed by atoms with Crippen LogP contribution in [0.25, 0.3) is 0 Å². The molecule has 0 aliphatic carbocycles. The van der Waals surface area contributed by atoms with Crippen LogP contribution >= 0.6 is 15.9 Å². The van der Waals surface area contributed by atoms with Crippen LogP contribution in [-0.2, 0) is 9.59 Å².